The SMILES string of the molecule is CC(C)=CCC/C(C)=C/Cc1c(O)c(CC=C(C)C)c2c(c1O)C(=O)C1=C[C@@H]3CC4C(C)(C)O[C@@](C/C=C(/C)C=O)(C3=O)[C@@]14O2. The smallest absolute Gasteiger partial charge is 0.200 e. The second-order valence-corrected chi connectivity index (χ2v) is 14.2. The molecule has 1 saturated carbocycles. The molecule has 2 fully saturated rings. The molecule has 4 atom stereocenters. The zero-order valence-electron chi connectivity index (χ0n) is 27.8. The highest BCUT2D eigenvalue weighted by Crippen LogP contribution is 2.68. The molecule has 4 bridgehead atoms. The van der Waals surface area contributed by atoms with E-state index in [9.17, 15) is 24.6 Å². The number of aromatic hydroxyl groups is 2. The minimum absolute atomic E-state index is 0.0133. The van der Waals surface area contributed by atoms with Gasteiger partial charge in [0.1, 0.15) is 29.1 Å². The van der Waals surface area contributed by atoms with E-state index in [2.05, 4.69) is 19.9 Å². The van der Waals surface area contributed by atoms with Crippen LogP contribution in [-0.4, -0.2) is 44.9 Å². The number of rotatable bonds is 10. The number of benzene rings is 1. The number of phenols is 2. The molecule has 7 heteroatoms. The molecule has 2 aliphatic heterocycles. The van der Waals surface area contributed by atoms with Crippen molar-refractivity contribution in [3.05, 3.63) is 74.9 Å². The van der Waals surface area contributed by atoms with Crippen LogP contribution in [0.15, 0.2) is 58.2 Å². The summed E-state index contributed by atoms with van der Waals surface area (Å²) in [5.41, 5.74) is 0.953. The molecule has 1 aromatic rings. The van der Waals surface area contributed by atoms with Crippen molar-refractivity contribution in [1.82, 2.24) is 0 Å². The molecule has 3 aliphatic carbocycles. The van der Waals surface area contributed by atoms with Gasteiger partial charge in [-0.15, -0.1) is 0 Å². The normalized spacial score (nSPS) is 27.8. The lowest BCUT2D eigenvalue weighted by Gasteiger charge is -2.56. The van der Waals surface area contributed by atoms with Gasteiger partial charge in [-0.2, -0.15) is 0 Å². The number of phenolic OH excluding ortho intramolecular Hbond substituents is 2. The number of carbonyl (C=O) groups is 3. The molecule has 1 aromatic carbocycles. The van der Waals surface area contributed by atoms with E-state index in [0.29, 0.717) is 23.1 Å². The van der Waals surface area contributed by atoms with E-state index >= 15 is 0 Å². The Morgan fingerprint density at radius 3 is 2.24 bits per heavy atom. The predicted molar refractivity (Wildman–Crippen MR) is 174 cm³/mol. The average Bonchev–Trinajstić information content (AvgIpc) is 3.12. The van der Waals surface area contributed by atoms with Crippen LogP contribution in [0, 0.1) is 11.8 Å². The molecule has 1 spiro atoms. The summed E-state index contributed by atoms with van der Waals surface area (Å²) in [6, 6.07) is 0. The van der Waals surface area contributed by atoms with Crippen molar-refractivity contribution in [2.75, 3.05) is 0 Å². The van der Waals surface area contributed by atoms with Crippen LogP contribution in [0.4, 0.5) is 0 Å². The summed E-state index contributed by atoms with van der Waals surface area (Å²) in [6.07, 6.45) is 12.9. The third-order valence-electron chi connectivity index (χ3n) is 10.0. The topological polar surface area (TPSA) is 110 Å². The Bertz CT molecular complexity index is 1620. The van der Waals surface area contributed by atoms with Gasteiger partial charge in [0.15, 0.2) is 22.8 Å². The Kier molecular flexibility index (Phi) is 8.41. The van der Waals surface area contributed by atoms with E-state index < -0.39 is 28.5 Å². The van der Waals surface area contributed by atoms with Gasteiger partial charge < -0.3 is 19.7 Å². The highest BCUT2D eigenvalue weighted by atomic mass is 16.6. The van der Waals surface area contributed by atoms with Crippen LogP contribution >= 0.6 is 0 Å². The van der Waals surface area contributed by atoms with Crippen LogP contribution in [0.25, 0.3) is 0 Å². The fraction of sp³-hybridized carbons (Fsp3) is 0.500. The van der Waals surface area contributed by atoms with Crippen LogP contribution in [0.3, 0.4) is 0 Å². The Morgan fingerprint density at radius 2 is 1.60 bits per heavy atom. The van der Waals surface area contributed by atoms with Gasteiger partial charge in [-0.1, -0.05) is 47.1 Å². The standard InChI is InChI=1S/C38H46O7/c1-21(2)10-9-11-23(5)13-15-26-31(40)27(14-12-22(3)4)34-30(32(26)41)33(42)28-18-25-19-29-36(7,8)45-37(35(25)43,38(28,29)44-34)17-16-24(6)20-39/h10,12-13,16,18,20,25,29,40-41H,9,11,14-15,17,19H2,1-8H3/b23-13+,24-16-/t25-,29?,37+,38-/m1/s1. The lowest BCUT2D eigenvalue weighted by Crippen LogP contribution is -2.72. The number of fused-ring (bicyclic) bond motifs is 1. The van der Waals surface area contributed by atoms with Gasteiger partial charge in [0.2, 0.25) is 0 Å². The molecule has 1 saturated heterocycles. The molecule has 1 unspecified atom stereocenters. The summed E-state index contributed by atoms with van der Waals surface area (Å²) in [7, 11) is 0. The molecule has 0 radical (unpaired) electrons. The molecule has 0 amide bonds. The molecule has 5 aliphatic rings. The summed E-state index contributed by atoms with van der Waals surface area (Å²) < 4.78 is 13.7. The van der Waals surface area contributed by atoms with Crippen molar-refractivity contribution in [3.8, 4) is 17.2 Å². The summed E-state index contributed by atoms with van der Waals surface area (Å²) in [4.78, 5) is 40.4. The summed E-state index contributed by atoms with van der Waals surface area (Å²) >= 11 is 0. The van der Waals surface area contributed by atoms with E-state index in [1.54, 1.807) is 19.1 Å². The maximum atomic E-state index is 14.7. The average molecular weight is 615 g/mol. The number of ether oxygens (including phenoxy) is 2. The fourth-order valence-corrected chi connectivity index (χ4v) is 7.77. The minimum atomic E-state index is -1.55. The van der Waals surface area contributed by atoms with Crippen molar-refractivity contribution in [2.45, 2.75) is 111 Å². The van der Waals surface area contributed by atoms with Crippen LogP contribution in [0.5, 0.6) is 17.2 Å². The van der Waals surface area contributed by atoms with Crippen LogP contribution in [0.1, 0.15) is 103 Å². The molecular formula is C38H46O7. The first kappa shape index (κ1) is 32.7. The Morgan fingerprint density at radius 1 is 0.933 bits per heavy atom. The zero-order valence-corrected chi connectivity index (χ0v) is 27.8. The number of hydrogen-bond donors (Lipinski definition) is 2. The Balaban J connectivity index is 1.71. The summed E-state index contributed by atoms with van der Waals surface area (Å²) in [5.74, 6) is -1.83. The van der Waals surface area contributed by atoms with Gasteiger partial charge in [-0.25, -0.2) is 0 Å². The number of ketones is 2. The number of allylic oxidation sites excluding steroid dienone is 8. The minimum Gasteiger partial charge on any atom is -0.507 e. The van der Waals surface area contributed by atoms with Crippen molar-refractivity contribution in [1.29, 1.82) is 0 Å². The molecule has 0 aromatic heterocycles. The quantitative estimate of drug-likeness (QED) is 0.161. The van der Waals surface area contributed by atoms with E-state index in [1.165, 1.54) is 5.57 Å². The highest BCUT2D eigenvalue weighted by Gasteiger charge is 2.81. The highest BCUT2D eigenvalue weighted by molar-refractivity contribution is 6.18. The van der Waals surface area contributed by atoms with Gasteiger partial charge in [-0.3, -0.25) is 14.4 Å². The van der Waals surface area contributed by atoms with Gasteiger partial charge in [0.05, 0.1) is 5.60 Å². The Labute approximate surface area is 266 Å². The van der Waals surface area contributed by atoms with Crippen LogP contribution < -0.4 is 4.74 Å². The maximum absolute atomic E-state index is 14.7. The largest absolute Gasteiger partial charge is 0.507 e. The second kappa shape index (κ2) is 11.6. The van der Waals surface area contributed by atoms with E-state index in [1.807, 2.05) is 46.8 Å². The van der Waals surface area contributed by atoms with Gasteiger partial charge in [-0.05, 0) is 93.1 Å². The number of hydrogen-bond acceptors (Lipinski definition) is 7. The van der Waals surface area contributed by atoms with E-state index in [-0.39, 0.29) is 59.3 Å². The van der Waals surface area contributed by atoms with Crippen molar-refractivity contribution in [3.63, 3.8) is 0 Å². The Hall–Kier alpha value is -3.71. The molecule has 240 valence electrons. The summed E-state index contributed by atoms with van der Waals surface area (Å²) in [5, 5.41) is 23.4. The lowest BCUT2D eigenvalue weighted by molar-refractivity contribution is -0.171. The molecule has 7 nitrogen and oxygen atoms in total. The van der Waals surface area contributed by atoms with Gasteiger partial charge in [0, 0.05) is 35.0 Å². The predicted octanol–water partition coefficient (Wildman–Crippen LogP) is 7.38. The van der Waals surface area contributed by atoms with Crippen molar-refractivity contribution >= 4 is 17.9 Å². The van der Waals surface area contributed by atoms with Gasteiger partial charge >= 0.3 is 0 Å². The monoisotopic (exact) mass is 614 g/mol. The fourth-order valence-electron chi connectivity index (χ4n) is 7.77. The van der Waals surface area contributed by atoms with Crippen molar-refractivity contribution in [2.24, 2.45) is 11.8 Å². The van der Waals surface area contributed by atoms with Crippen LogP contribution in [0.2, 0.25) is 0 Å². The first-order valence-corrected chi connectivity index (χ1v) is 16.0. The maximum Gasteiger partial charge on any atom is 0.200 e. The lowest BCUT2D eigenvalue weighted by atomic mass is 9.51. The van der Waals surface area contributed by atoms with E-state index in [4.69, 9.17) is 9.47 Å². The number of Topliss-reactive ketones (excluding diaryl/α,β-unsaturated/α-hetero) is 2. The zero-order chi connectivity index (χ0) is 33.1. The van der Waals surface area contributed by atoms with Crippen molar-refractivity contribution < 1.29 is 34.1 Å². The third kappa shape index (κ3) is 5.04. The first-order chi connectivity index (χ1) is 21.1. The van der Waals surface area contributed by atoms with Gasteiger partial charge in [0.25, 0.3) is 0 Å². The van der Waals surface area contributed by atoms with Crippen LogP contribution in [-0.2, 0) is 27.2 Å². The van der Waals surface area contributed by atoms with E-state index in [0.717, 1.165) is 30.3 Å². The third-order valence-corrected chi connectivity index (χ3v) is 10.0. The molecule has 6 rings (SSSR count). The number of aldehydes is 1. The molecule has 2 heterocycles. The second-order valence-electron chi connectivity index (χ2n) is 14.2. The summed E-state index contributed by atoms with van der Waals surface area (Å²) in [6.45, 7) is 15.5. The molecular weight excluding hydrogens is 568 g/mol. The molecule has 2 N–H and O–H groups in total. The number of carbonyl (C=O) groups excluding carboxylic acids is 3. The molecule has 45 heavy (non-hydrogen) atoms. The first-order valence-electron chi connectivity index (χ1n) is 16.0.